The van der Waals surface area contributed by atoms with Crippen LogP contribution in [0.3, 0.4) is 0 Å². The van der Waals surface area contributed by atoms with E-state index < -0.39 is 0 Å². The summed E-state index contributed by atoms with van der Waals surface area (Å²) in [6.45, 7) is 2.39. The summed E-state index contributed by atoms with van der Waals surface area (Å²) < 4.78 is 8.00. The Morgan fingerprint density at radius 3 is 2.74 bits per heavy atom. The number of hydrogen-bond donors (Lipinski definition) is 0. The summed E-state index contributed by atoms with van der Waals surface area (Å²) in [5, 5.41) is 10.1. The molecule has 1 unspecified atom stereocenters. The number of benzene rings is 2. The average molecular weight is 455 g/mol. The number of anilines is 1. The zero-order valence-corrected chi connectivity index (χ0v) is 18.8. The summed E-state index contributed by atoms with van der Waals surface area (Å²) in [6.07, 6.45) is 3.08. The van der Waals surface area contributed by atoms with E-state index >= 15 is 0 Å². The molecule has 0 spiro atoms. The maximum Gasteiger partial charge on any atom is 0.237 e. The van der Waals surface area contributed by atoms with Gasteiger partial charge in [0.2, 0.25) is 5.91 Å². The van der Waals surface area contributed by atoms with Crippen molar-refractivity contribution in [2.45, 2.75) is 50.0 Å². The van der Waals surface area contributed by atoms with Crippen molar-refractivity contribution in [3.63, 3.8) is 0 Å². The van der Waals surface area contributed by atoms with Gasteiger partial charge < -0.3 is 9.64 Å². The van der Waals surface area contributed by atoms with Gasteiger partial charge in [0.25, 0.3) is 0 Å². The van der Waals surface area contributed by atoms with Crippen LogP contribution in [0.4, 0.5) is 5.69 Å². The first-order chi connectivity index (χ1) is 15.1. The highest BCUT2D eigenvalue weighted by atomic mass is 35.5. The monoisotopic (exact) mass is 454 g/mol. The number of halogens is 1. The molecular formula is C23H23ClN4O2S. The van der Waals surface area contributed by atoms with Crippen LogP contribution < -0.4 is 9.64 Å². The Hall–Kier alpha value is -2.51. The third-order valence-corrected chi connectivity index (χ3v) is 6.88. The van der Waals surface area contributed by atoms with E-state index in [1.165, 1.54) is 17.3 Å². The molecule has 1 fully saturated rings. The first-order valence-electron chi connectivity index (χ1n) is 10.5. The maximum atomic E-state index is 13.1. The molecule has 0 saturated heterocycles. The van der Waals surface area contributed by atoms with Crippen molar-refractivity contribution >= 4 is 35.0 Å². The predicted octanol–water partition coefficient (Wildman–Crippen LogP) is 4.92. The van der Waals surface area contributed by atoms with E-state index in [4.69, 9.17) is 16.3 Å². The molecule has 2 heterocycles. The molecule has 1 amide bonds. The molecule has 6 nitrogen and oxygen atoms in total. The van der Waals surface area contributed by atoms with Crippen LogP contribution in [0.1, 0.15) is 37.2 Å². The molecule has 2 aliphatic rings. The van der Waals surface area contributed by atoms with Crippen molar-refractivity contribution in [2.75, 3.05) is 10.7 Å². The SMILES string of the molecule is CC1Cc2ccccc2N1C(=O)CSc1nnc(COc2ccccc2Cl)n1C1CC1. The maximum absolute atomic E-state index is 13.1. The van der Waals surface area contributed by atoms with Gasteiger partial charge in [-0.1, -0.05) is 53.7 Å². The molecule has 0 radical (unpaired) electrons. The van der Waals surface area contributed by atoms with Crippen molar-refractivity contribution in [2.24, 2.45) is 0 Å². The highest BCUT2D eigenvalue weighted by Gasteiger charge is 2.33. The smallest absolute Gasteiger partial charge is 0.237 e. The molecule has 1 aliphatic carbocycles. The second-order valence-electron chi connectivity index (χ2n) is 7.95. The summed E-state index contributed by atoms with van der Waals surface area (Å²) in [6, 6.07) is 16.1. The van der Waals surface area contributed by atoms with Gasteiger partial charge in [-0.25, -0.2) is 0 Å². The van der Waals surface area contributed by atoms with Crippen LogP contribution in [-0.4, -0.2) is 32.5 Å². The normalized spacial score (nSPS) is 17.6. The van der Waals surface area contributed by atoms with E-state index in [9.17, 15) is 4.79 Å². The van der Waals surface area contributed by atoms with E-state index in [1.807, 2.05) is 41.3 Å². The lowest BCUT2D eigenvalue weighted by Gasteiger charge is -2.22. The third kappa shape index (κ3) is 4.16. The van der Waals surface area contributed by atoms with E-state index in [0.29, 0.717) is 22.6 Å². The largest absolute Gasteiger partial charge is 0.484 e. The molecule has 160 valence electrons. The highest BCUT2D eigenvalue weighted by Crippen LogP contribution is 2.39. The minimum Gasteiger partial charge on any atom is -0.484 e. The molecule has 1 saturated carbocycles. The molecule has 8 heteroatoms. The van der Waals surface area contributed by atoms with Crippen molar-refractivity contribution < 1.29 is 9.53 Å². The van der Waals surface area contributed by atoms with Crippen LogP contribution in [0.25, 0.3) is 0 Å². The second kappa shape index (κ2) is 8.55. The van der Waals surface area contributed by atoms with Gasteiger partial charge in [-0.05, 0) is 49.9 Å². The van der Waals surface area contributed by atoms with Crippen molar-refractivity contribution in [1.29, 1.82) is 0 Å². The minimum atomic E-state index is 0.0988. The van der Waals surface area contributed by atoms with Crippen LogP contribution in [0.5, 0.6) is 5.75 Å². The third-order valence-electron chi connectivity index (χ3n) is 5.64. The number of aromatic nitrogens is 3. The van der Waals surface area contributed by atoms with Crippen molar-refractivity contribution in [3.05, 3.63) is 64.9 Å². The van der Waals surface area contributed by atoms with Gasteiger partial charge in [0.15, 0.2) is 11.0 Å². The topological polar surface area (TPSA) is 60.3 Å². The van der Waals surface area contributed by atoms with Crippen LogP contribution in [0.15, 0.2) is 53.7 Å². The average Bonchev–Trinajstić information content (AvgIpc) is 3.43. The molecule has 1 aliphatic heterocycles. The summed E-state index contributed by atoms with van der Waals surface area (Å²) in [7, 11) is 0. The summed E-state index contributed by atoms with van der Waals surface area (Å²) in [4.78, 5) is 15.0. The Morgan fingerprint density at radius 2 is 1.94 bits per heavy atom. The molecule has 0 N–H and O–H groups in total. The van der Waals surface area contributed by atoms with Crippen molar-refractivity contribution in [3.8, 4) is 5.75 Å². The Labute approximate surface area is 190 Å². The standard InChI is InChI=1S/C23H23ClN4O2S/c1-15-12-16-6-2-4-8-19(16)27(15)22(29)14-31-23-26-25-21(28(23)17-10-11-17)13-30-20-9-5-3-7-18(20)24/h2-9,15,17H,10-14H2,1H3. The van der Waals surface area contributed by atoms with Gasteiger partial charge in [-0.15, -0.1) is 10.2 Å². The fraction of sp³-hybridized carbons (Fsp3) is 0.348. The highest BCUT2D eigenvalue weighted by molar-refractivity contribution is 7.99. The summed E-state index contributed by atoms with van der Waals surface area (Å²) >= 11 is 7.64. The summed E-state index contributed by atoms with van der Waals surface area (Å²) in [5.41, 5.74) is 2.26. The Balaban J connectivity index is 1.28. The number of amides is 1. The Bertz CT molecular complexity index is 1110. The molecule has 1 aromatic heterocycles. The fourth-order valence-electron chi connectivity index (χ4n) is 4.05. The number of rotatable bonds is 7. The van der Waals surface area contributed by atoms with E-state index in [-0.39, 0.29) is 18.6 Å². The first-order valence-corrected chi connectivity index (χ1v) is 11.8. The molecule has 3 aromatic rings. The summed E-state index contributed by atoms with van der Waals surface area (Å²) in [5.74, 6) is 1.81. The second-order valence-corrected chi connectivity index (χ2v) is 9.30. The Kier molecular flexibility index (Phi) is 5.63. The lowest BCUT2D eigenvalue weighted by atomic mass is 10.1. The lowest BCUT2D eigenvalue weighted by Crippen LogP contribution is -2.37. The Morgan fingerprint density at radius 1 is 1.16 bits per heavy atom. The molecule has 0 bridgehead atoms. The van der Waals surface area contributed by atoms with Crippen molar-refractivity contribution in [1.82, 2.24) is 14.8 Å². The molecule has 31 heavy (non-hydrogen) atoms. The number of carbonyl (C=O) groups is 1. The quantitative estimate of drug-likeness (QED) is 0.474. The first kappa shape index (κ1) is 20.4. The number of fused-ring (bicyclic) bond motifs is 1. The molecule has 5 rings (SSSR count). The van der Waals surface area contributed by atoms with Crippen LogP contribution in [0.2, 0.25) is 5.02 Å². The minimum absolute atomic E-state index is 0.0988. The number of thioether (sulfide) groups is 1. The number of hydrogen-bond acceptors (Lipinski definition) is 5. The number of carbonyl (C=O) groups excluding carboxylic acids is 1. The van der Waals surface area contributed by atoms with Gasteiger partial charge in [-0.3, -0.25) is 9.36 Å². The molecule has 1 atom stereocenters. The number of ether oxygens (including phenoxy) is 1. The predicted molar refractivity (Wildman–Crippen MR) is 122 cm³/mol. The van der Waals surface area contributed by atoms with E-state index in [0.717, 1.165) is 35.9 Å². The van der Waals surface area contributed by atoms with E-state index in [1.54, 1.807) is 6.07 Å². The number of para-hydroxylation sites is 2. The molecule has 2 aromatic carbocycles. The van der Waals surface area contributed by atoms with Gasteiger partial charge >= 0.3 is 0 Å². The van der Waals surface area contributed by atoms with Gasteiger partial charge in [-0.2, -0.15) is 0 Å². The zero-order valence-electron chi connectivity index (χ0n) is 17.2. The van der Waals surface area contributed by atoms with Crippen LogP contribution in [-0.2, 0) is 17.8 Å². The lowest BCUT2D eigenvalue weighted by molar-refractivity contribution is -0.116. The van der Waals surface area contributed by atoms with Gasteiger partial charge in [0, 0.05) is 17.8 Å². The number of nitrogens with zero attached hydrogens (tertiary/aromatic N) is 4. The van der Waals surface area contributed by atoms with E-state index in [2.05, 4.69) is 27.8 Å². The van der Waals surface area contributed by atoms with Gasteiger partial charge in [0.1, 0.15) is 12.4 Å². The van der Waals surface area contributed by atoms with Crippen LogP contribution >= 0.6 is 23.4 Å². The fourth-order valence-corrected chi connectivity index (χ4v) is 5.12. The zero-order chi connectivity index (χ0) is 21.4. The molecular weight excluding hydrogens is 432 g/mol. The van der Waals surface area contributed by atoms with Crippen LogP contribution in [0, 0.1) is 0 Å². The van der Waals surface area contributed by atoms with Gasteiger partial charge in [0.05, 0.1) is 10.8 Å².